The first kappa shape index (κ1) is 8.52. The molecule has 2 aliphatic rings. The van der Waals surface area contributed by atoms with Gasteiger partial charge in [-0.25, -0.2) is 0 Å². The summed E-state index contributed by atoms with van der Waals surface area (Å²) >= 11 is 0. The third kappa shape index (κ3) is 2.20. The second-order valence-corrected chi connectivity index (χ2v) is 4.76. The van der Waals surface area contributed by atoms with E-state index in [4.69, 9.17) is 0 Å². The molecule has 0 aromatic rings. The predicted molar refractivity (Wildman–Crippen MR) is 49.0 cm³/mol. The Bertz CT molecular complexity index is 163. The van der Waals surface area contributed by atoms with Crippen LogP contribution in [0.15, 0.2) is 0 Å². The van der Waals surface area contributed by atoms with Gasteiger partial charge in [0.2, 0.25) is 0 Å². The molecule has 2 nitrogen and oxygen atoms in total. The minimum Gasteiger partial charge on any atom is -0.389 e. The molecule has 2 fully saturated rings. The third-order valence-corrected chi connectivity index (χ3v) is 3.08. The zero-order valence-electron chi connectivity index (χ0n) is 7.92. The smallest absolute Gasteiger partial charge is 0.0758 e. The van der Waals surface area contributed by atoms with Crippen LogP contribution >= 0.6 is 0 Å². The zero-order chi connectivity index (χ0) is 8.60. The number of aliphatic hydroxyl groups is 1. The highest BCUT2D eigenvalue weighted by Gasteiger charge is 2.32. The second kappa shape index (κ2) is 3.00. The van der Waals surface area contributed by atoms with Crippen LogP contribution in [0.25, 0.3) is 0 Å². The fraction of sp³-hybridized carbons (Fsp3) is 1.00. The summed E-state index contributed by atoms with van der Waals surface area (Å²) in [6, 6.07) is 0. The first-order chi connectivity index (χ1) is 5.66. The summed E-state index contributed by atoms with van der Waals surface area (Å²) in [5.74, 6) is 1.02. The van der Waals surface area contributed by atoms with Gasteiger partial charge in [-0.05, 0) is 32.2 Å². The molecule has 2 rings (SSSR count). The van der Waals surface area contributed by atoms with Gasteiger partial charge in [-0.3, -0.25) is 0 Å². The van der Waals surface area contributed by atoms with E-state index in [0.29, 0.717) is 0 Å². The molecule has 12 heavy (non-hydrogen) atoms. The fourth-order valence-corrected chi connectivity index (χ4v) is 2.00. The molecule has 0 aromatic heterocycles. The molecule has 2 heteroatoms. The summed E-state index contributed by atoms with van der Waals surface area (Å²) in [5, 5.41) is 9.70. The molecule has 0 radical (unpaired) electrons. The highest BCUT2D eigenvalue weighted by Crippen LogP contribution is 2.33. The van der Waals surface area contributed by atoms with Gasteiger partial charge < -0.3 is 10.0 Å². The van der Waals surface area contributed by atoms with Gasteiger partial charge >= 0.3 is 0 Å². The maximum atomic E-state index is 9.70. The summed E-state index contributed by atoms with van der Waals surface area (Å²) in [5.41, 5.74) is -0.399. The van der Waals surface area contributed by atoms with Crippen LogP contribution in [-0.4, -0.2) is 35.2 Å². The van der Waals surface area contributed by atoms with Crippen molar-refractivity contribution in [2.45, 2.75) is 38.2 Å². The van der Waals surface area contributed by atoms with Gasteiger partial charge in [0.25, 0.3) is 0 Å². The van der Waals surface area contributed by atoms with Gasteiger partial charge in [0.05, 0.1) is 5.60 Å². The third-order valence-electron chi connectivity index (χ3n) is 3.08. The highest BCUT2D eigenvalue weighted by molar-refractivity contribution is 4.86. The Morgan fingerprint density at radius 1 is 1.50 bits per heavy atom. The number of likely N-dealkylation sites (tertiary alicyclic amines) is 1. The van der Waals surface area contributed by atoms with Crippen LogP contribution in [0, 0.1) is 5.92 Å². The Morgan fingerprint density at radius 2 is 2.25 bits per heavy atom. The first-order valence-electron chi connectivity index (χ1n) is 5.10. The Balaban J connectivity index is 1.68. The normalized spacial score (nSPS) is 37.5. The molecule has 1 unspecified atom stereocenters. The minimum atomic E-state index is -0.399. The van der Waals surface area contributed by atoms with Crippen molar-refractivity contribution in [3.63, 3.8) is 0 Å². The molecule has 0 aromatic carbocycles. The van der Waals surface area contributed by atoms with Gasteiger partial charge in [0, 0.05) is 13.1 Å². The lowest BCUT2D eigenvalue weighted by Crippen LogP contribution is -2.30. The van der Waals surface area contributed by atoms with E-state index in [1.54, 1.807) is 0 Å². The van der Waals surface area contributed by atoms with Gasteiger partial charge in [0.1, 0.15) is 0 Å². The Hall–Kier alpha value is -0.0800. The van der Waals surface area contributed by atoms with Gasteiger partial charge in [0.15, 0.2) is 0 Å². The lowest BCUT2D eigenvalue weighted by molar-refractivity contribution is 0.0685. The van der Waals surface area contributed by atoms with Crippen molar-refractivity contribution in [2.24, 2.45) is 5.92 Å². The molecule has 0 amide bonds. The van der Waals surface area contributed by atoms with E-state index in [1.165, 1.54) is 25.8 Å². The van der Waals surface area contributed by atoms with E-state index in [1.807, 2.05) is 6.92 Å². The molecule has 0 bridgehead atoms. The summed E-state index contributed by atoms with van der Waals surface area (Å²) in [6.07, 6.45) is 5.21. The van der Waals surface area contributed by atoms with E-state index < -0.39 is 5.60 Å². The lowest BCUT2D eigenvalue weighted by atomic mass is 10.1. The topological polar surface area (TPSA) is 23.5 Å². The highest BCUT2D eigenvalue weighted by atomic mass is 16.3. The summed E-state index contributed by atoms with van der Waals surface area (Å²) in [6.45, 7) is 5.14. The zero-order valence-corrected chi connectivity index (χ0v) is 7.92. The number of hydrogen-bond acceptors (Lipinski definition) is 2. The van der Waals surface area contributed by atoms with Crippen LogP contribution in [0.2, 0.25) is 0 Å². The quantitative estimate of drug-likeness (QED) is 0.687. The maximum absolute atomic E-state index is 9.70. The summed E-state index contributed by atoms with van der Waals surface area (Å²) < 4.78 is 0. The van der Waals surface area contributed by atoms with Crippen LogP contribution in [0.5, 0.6) is 0 Å². The van der Waals surface area contributed by atoms with Crippen LogP contribution in [0.1, 0.15) is 32.6 Å². The lowest BCUT2D eigenvalue weighted by Gasteiger charge is -2.18. The molecule has 1 atom stereocenters. The van der Waals surface area contributed by atoms with Crippen molar-refractivity contribution in [3.05, 3.63) is 0 Å². The molecule has 70 valence electrons. The summed E-state index contributed by atoms with van der Waals surface area (Å²) in [7, 11) is 0. The minimum absolute atomic E-state index is 0.399. The van der Waals surface area contributed by atoms with Crippen LogP contribution < -0.4 is 0 Å². The molecule has 1 heterocycles. The van der Waals surface area contributed by atoms with E-state index in [2.05, 4.69) is 4.90 Å². The molecule has 1 aliphatic carbocycles. The fourth-order valence-electron chi connectivity index (χ4n) is 2.00. The first-order valence-corrected chi connectivity index (χ1v) is 5.10. The van der Waals surface area contributed by atoms with Crippen molar-refractivity contribution < 1.29 is 5.11 Å². The van der Waals surface area contributed by atoms with E-state index in [9.17, 15) is 5.11 Å². The van der Waals surface area contributed by atoms with Crippen LogP contribution in [0.4, 0.5) is 0 Å². The van der Waals surface area contributed by atoms with Gasteiger partial charge in [-0.2, -0.15) is 0 Å². The largest absolute Gasteiger partial charge is 0.389 e. The Morgan fingerprint density at radius 3 is 2.75 bits per heavy atom. The molecule has 0 spiro atoms. The van der Waals surface area contributed by atoms with Crippen molar-refractivity contribution in [1.82, 2.24) is 4.90 Å². The van der Waals surface area contributed by atoms with Gasteiger partial charge in [-0.1, -0.05) is 12.8 Å². The second-order valence-electron chi connectivity index (χ2n) is 4.76. The standard InChI is InChI=1S/C10H19NO/c1-10(12)5-7-11(8-10)6-4-9-2-3-9/h9,12H,2-8H2,1H3. The molecule has 1 N–H and O–H groups in total. The molecule has 1 aliphatic heterocycles. The van der Waals surface area contributed by atoms with E-state index >= 15 is 0 Å². The van der Waals surface area contributed by atoms with Crippen molar-refractivity contribution in [3.8, 4) is 0 Å². The molecule has 1 saturated carbocycles. The number of hydrogen-bond donors (Lipinski definition) is 1. The van der Waals surface area contributed by atoms with Gasteiger partial charge in [-0.15, -0.1) is 0 Å². The van der Waals surface area contributed by atoms with Crippen molar-refractivity contribution in [1.29, 1.82) is 0 Å². The number of rotatable bonds is 3. The maximum Gasteiger partial charge on any atom is 0.0758 e. The van der Waals surface area contributed by atoms with Crippen LogP contribution in [-0.2, 0) is 0 Å². The van der Waals surface area contributed by atoms with E-state index in [-0.39, 0.29) is 0 Å². The SMILES string of the molecule is CC1(O)CCN(CCC2CC2)C1. The molecular weight excluding hydrogens is 150 g/mol. The monoisotopic (exact) mass is 169 g/mol. The number of β-amino-alcohol motifs (C(OH)–C–C–N with tert-alkyl or cyclic N) is 1. The van der Waals surface area contributed by atoms with E-state index in [0.717, 1.165) is 25.4 Å². The molecule has 1 saturated heterocycles. The average molecular weight is 169 g/mol. The van der Waals surface area contributed by atoms with Crippen molar-refractivity contribution >= 4 is 0 Å². The Kier molecular flexibility index (Phi) is 2.13. The average Bonchev–Trinajstić information content (AvgIpc) is 2.74. The Labute approximate surface area is 74.6 Å². The molecular formula is C10H19NO. The summed E-state index contributed by atoms with van der Waals surface area (Å²) in [4.78, 5) is 2.40. The number of nitrogens with zero attached hydrogens (tertiary/aromatic N) is 1. The van der Waals surface area contributed by atoms with Crippen molar-refractivity contribution in [2.75, 3.05) is 19.6 Å². The predicted octanol–water partition coefficient (Wildman–Crippen LogP) is 1.24. The van der Waals surface area contributed by atoms with Crippen LogP contribution in [0.3, 0.4) is 0 Å².